The van der Waals surface area contributed by atoms with E-state index in [4.69, 9.17) is 0 Å². The fourth-order valence-corrected chi connectivity index (χ4v) is 3.67. The summed E-state index contributed by atoms with van der Waals surface area (Å²) in [7, 11) is 0. The molecule has 126 valence electrons. The molecule has 0 aromatic carbocycles. The van der Waals surface area contributed by atoms with Crippen molar-refractivity contribution in [3.05, 3.63) is 52.4 Å². The molecule has 4 heterocycles. The summed E-state index contributed by atoms with van der Waals surface area (Å²) >= 11 is 1.42. The van der Waals surface area contributed by atoms with Crippen LogP contribution in [0.5, 0.6) is 0 Å². The summed E-state index contributed by atoms with van der Waals surface area (Å²) in [5.74, 6) is 1.18. The molecule has 4 rings (SSSR count). The molecule has 0 radical (unpaired) electrons. The summed E-state index contributed by atoms with van der Waals surface area (Å²) in [5, 5.41) is 3.28. The number of aromatic nitrogens is 4. The van der Waals surface area contributed by atoms with E-state index in [9.17, 15) is 4.79 Å². The molecule has 1 amide bonds. The van der Waals surface area contributed by atoms with Gasteiger partial charge in [0.05, 0.1) is 11.9 Å². The maximum absolute atomic E-state index is 12.5. The molecule has 0 saturated heterocycles. The third-order valence-corrected chi connectivity index (χ3v) is 4.98. The van der Waals surface area contributed by atoms with Crippen molar-refractivity contribution < 1.29 is 4.79 Å². The van der Waals surface area contributed by atoms with Gasteiger partial charge in [0, 0.05) is 29.5 Å². The summed E-state index contributed by atoms with van der Waals surface area (Å²) in [6, 6.07) is 5.47. The Morgan fingerprint density at radius 1 is 1.24 bits per heavy atom. The van der Waals surface area contributed by atoms with Crippen molar-refractivity contribution in [2.24, 2.45) is 0 Å². The first-order valence-corrected chi connectivity index (χ1v) is 8.80. The van der Waals surface area contributed by atoms with E-state index in [1.54, 1.807) is 24.7 Å². The Bertz CT molecular complexity index is 893. The molecule has 3 aromatic heterocycles. The smallest absolute Gasteiger partial charge is 0.284 e. The number of rotatable bonds is 3. The van der Waals surface area contributed by atoms with Crippen LogP contribution in [0.15, 0.2) is 36.8 Å². The lowest BCUT2D eigenvalue weighted by Crippen LogP contribution is -2.26. The molecule has 8 heteroatoms. The van der Waals surface area contributed by atoms with Gasteiger partial charge in [-0.3, -0.25) is 14.7 Å². The van der Waals surface area contributed by atoms with E-state index in [-0.39, 0.29) is 5.91 Å². The highest BCUT2D eigenvalue weighted by molar-refractivity contribution is 7.14. The van der Waals surface area contributed by atoms with E-state index < -0.39 is 0 Å². The van der Waals surface area contributed by atoms with Crippen molar-refractivity contribution in [1.29, 1.82) is 0 Å². The monoisotopic (exact) mass is 352 g/mol. The molecule has 1 aliphatic heterocycles. The van der Waals surface area contributed by atoms with Gasteiger partial charge in [-0.25, -0.2) is 15.0 Å². The molecule has 1 aliphatic rings. The van der Waals surface area contributed by atoms with Gasteiger partial charge < -0.3 is 5.32 Å². The van der Waals surface area contributed by atoms with Gasteiger partial charge in [-0.05, 0) is 38.0 Å². The zero-order valence-corrected chi connectivity index (χ0v) is 14.5. The second-order valence-electron chi connectivity index (χ2n) is 5.71. The Kier molecular flexibility index (Phi) is 4.10. The van der Waals surface area contributed by atoms with E-state index in [2.05, 4.69) is 25.3 Å². The lowest BCUT2D eigenvalue weighted by Gasteiger charge is -2.25. The van der Waals surface area contributed by atoms with E-state index in [0.717, 1.165) is 35.8 Å². The Balaban J connectivity index is 1.59. The molecule has 25 heavy (non-hydrogen) atoms. The summed E-state index contributed by atoms with van der Waals surface area (Å²) in [4.78, 5) is 32.9. The van der Waals surface area contributed by atoms with Crippen LogP contribution in [0.1, 0.15) is 26.8 Å². The van der Waals surface area contributed by atoms with Gasteiger partial charge in [0.15, 0.2) is 10.8 Å². The highest BCUT2D eigenvalue weighted by Gasteiger charge is 2.26. The van der Waals surface area contributed by atoms with Crippen molar-refractivity contribution in [2.75, 3.05) is 16.8 Å². The zero-order chi connectivity index (χ0) is 17.2. The average Bonchev–Trinajstić information content (AvgIpc) is 3.09. The molecular weight excluding hydrogens is 336 g/mol. The minimum Gasteiger partial charge on any atom is -0.319 e. The van der Waals surface area contributed by atoms with Crippen molar-refractivity contribution in [3.8, 4) is 0 Å². The van der Waals surface area contributed by atoms with Crippen LogP contribution in [-0.4, -0.2) is 32.4 Å². The van der Waals surface area contributed by atoms with Gasteiger partial charge in [-0.2, -0.15) is 0 Å². The number of aryl methyl sites for hydroxylation is 2. The number of pyridine rings is 1. The van der Waals surface area contributed by atoms with Gasteiger partial charge in [0.1, 0.15) is 0 Å². The van der Waals surface area contributed by atoms with Gasteiger partial charge in [-0.15, -0.1) is 11.3 Å². The first kappa shape index (κ1) is 15.6. The molecule has 0 unspecified atom stereocenters. The van der Waals surface area contributed by atoms with Gasteiger partial charge >= 0.3 is 0 Å². The number of anilines is 3. The molecule has 3 aromatic rings. The Morgan fingerprint density at radius 2 is 2.08 bits per heavy atom. The number of fused-ring (bicyclic) bond motifs is 1. The first-order chi connectivity index (χ1) is 12.2. The van der Waals surface area contributed by atoms with Crippen molar-refractivity contribution in [3.63, 3.8) is 0 Å². The molecule has 0 atom stereocenters. The first-order valence-electron chi connectivity index (χ1n) is 7.99. The minimum atomic E-state index is -0.223. The van der Waals surface area contributed by atoms with Crippen LogP contribution < -0.4 is 10.2 Å². The molecule has 1 N–H and O–H groups in total. The van der Waals surface area contributed by atoms with E-state index in [1.165, 1.54) is 11.3 Å². The number of nitrogens with zero attached hydrogens (tertiary/aromatic N) is 5. The van der Waals surface area contributed by atoms with Crippen LogP contribution >= 0.6 is 11.3 Å². The van der Waals surface area contributed by atoms with E-state index >= 15 is 0 Å². The molecule has 7 nitrogen and oxygen atoms in total. The minimum absolute atomic E-state index is 0.223. The lowest BCUT2D eigenvalue weighted by molar-refractivity contribution is 0.102. The summed E-state index contributed by atoms with van der Waals surface area (Å²) in [6.45, 7) is 2.70. The number of amides is 1. The third-order valence-electron chi connectivity index (χ3n) is 3.87. The summed E-state index contributed by atoms with van der Waals surface area (Å²) < 4.78 is 0. The molecule has 0 spiro atoms. The van der Waals surface area contributed by atoms with Crippen LogP contribution in [0.3, 0.4) is 0 Å². The van der Waals surface area contributed by atoms with Crippen molar-refractivity contribution in [1.82, 2.24) is 19.9 Å². The van der Waals surface area contributed by atoms with Gasteiger partial charge in [0.2, 0.25) is 5.95 Å². The lowest BCUT2D eigenvalue weighted by atomic mass is 10.2. The zero-order valence-electron chi connectivity index (χ0n) is 13.6. The predicted molar refractivity (Wildman–Crippen MR) is 96.4 cm³/mol. The topological polar surface area (TPSA) is 83.9 Å². The number of thiazole rings is 1. The molecule has 0 fully saturated rings. The maximum Gasteiger partial charge on any atom is 0.284 e. The molecule has 0 bridgehead atoms. The Labute approximate surface area is 148 Å². The largest absolute Gasteiger partial charge is 0.319 e. The predicted octanol–water partition coefficient (Wildman–Crippen LogP) is 2.97. The summed E-state index contributed by atoms with van der Waals surface area (Å²) in [6.07, 6.45) is 6.96. The SMILES string of the molecule is Cc1ccc(NC(=O)c2nc3c(s2)CCCN3c2ncccn2)cn1. The van der Waals surface area contributed by atoms with Crippen LogP contribution in [-0.2, 0) is 6.42 Å². The van der Waals surface area contributed by atoms with Gasteiger partial charge in [-0.1, -0.05) is 0 Å². The van der Waals surface area contributed by atoms with Gasteiger partial charge in [0.25, 0.3) is 5.91 Å². The highest BCUT2D eigenvalue weighted by Crippen LogP contribution is 2.35. The number of hydrogen-bond acceptors (Lipinski definition) is 7. The molecule has 0 saturated carbocycles. The highest BCUT2D eigenvalue weighted by atomic mass is 32.1. The van der Waals surface area contributed by atoms with E-state index in [0.29, 0.717) is 16.6 Å². The van der Waals surface area contributed by atoms with E-state index in [1.807, 2.05) is 24.0 Å². The number of hydrogen-bond donors (Lipinski definition) is 1. The van der Waals surface area contributed by atoms with Crippen molar-refractivity contribution in [2.45, 2.75) is 19.8 Å². The molecule has 0 aliphatic carbocycles. The average molecular weight is 352 g/mol. The Morgan fingerprint density at radius 3 is 2.84 bits per heavy atom. The van der Waals surface area contributed by atoms with Crippen molar-refractivity contribution >= 4 is 34.7 Å². The maximum atomic E-state index is 12.5. The third kappa shape index (κ3) is 3.20. The summed E-state index contributed by atoms with van der Waals surface area (Å²) in [5.41, 5.74) is 1.56. The number of carbonyl (C=O) groups is 1. The fourth-order valence-electron chi connectivity index (χ4n) is 2.67. The van der Waals surface area contributed by atoms with Crippen LogP contribution in [0, 0.1) is 6.92 Å². The number of carbonyl (C=O) groups excluding carboxylic acids is 1. The second-order valence-corrected chi connectivity index (χ2v) is 6.80. The Hall–Kier alpha value is -2.87. The number of nitrogens with one attached hydrogen (secondary N) is 1. The standard InChI is InChI=1S/C17H16N6OS/c1-11-5-6-12(10-20-11)21-15(24)16-22-14-13(25-16)4-2-9-23(14)17-18-7-3-8-19-17/h3,5-8,10H,2,4,9H2,1H3,(H,21,24). The molecular formula is C17H16N6OS. The van der Waals surface area contributed by atoms with Crippen LogP contribution in [0.4, 0.5) is 17.5 Å². The van der Waals surface area contributed by atoms with Crippen LogP contribution in [0.2, 0.25) is 0 Å². The fraction of sp³-hybridized carbons (Fsp3) is 0.235. The second kappa shape index (κ2) is 6.56. The normalized spacial score (nSPS) is 13.4. The van der Waals surface area contributed by atoms with Crippen LogP contribution in [0.25, 0.3) is 0 Å². The quantitative estimate of drug-likeness (QED) is 0.780.